The molecule has 0 aliphatic carbocycles. The third-order valence-corrected chi connectivity index (χ3v) is 6.45. The number of fused-ring (bicyclic) bond motifs is 1. The van der Waals surface area contributed by atoms with E-state index in [9.17, 15) is 10.3 Å². The first-order chi connectivity index (χ1) is 15.0. The number of amides is 1. The highest BCUT2D eigenvalue weighted by molar-refractivity contribution is 7.99. The van der Waals surface area contributed by atoms with Crippen LogP contribution in [0.2, 0.25) is 0 Å². The maximum absolute atomic E-state index is 12.0. The molecule has 0 saturated carbocycles. The van der Waals surface area contributed by atoms with Crippen LogP contribution in [0.15, 0.2) is 64.6 Å². The highest BCUT2D eigenvalue weighted by atomic mass is 32.2. The molecule has 2 saturated heterocycles. The number of nitrogens with one attached hydrogen (secondary N) is 1. The van der Waals surface area contributed by atoms with Crippen LogP contribution in [-0.2, 0) is 19.0 Å². The fourth-order valence-corrected chi connectivity index (χ4v) is 4.94. The lowest BCUT2D eigenvalue weighted by atomic mass is 9.94. The van der Waals surface area contributed by atoms with Gasteiger partial charge in [-0.25, -0.2) is 0 Å². The molecule has 0 spiro atoms. The van der Waals surface area contributed by atoms with Crippen LogP contribution in [0, 0.1) is 6.92 Å². The number of azide groups is 1. The molecule has 0 unspecified atom stereocenters. The molecular formula is C22H24N4O4S. The first-order valence-corrected chi connectivity index (χ1v) is 10.9. The largest absolute Gasteiger partial charge is 0.357 e. The highest BCUT2D eigenvalue weighted by Gasteiger charge is 2.50. The average Bonchev–Trinajstić information content (AvgIpc) is 2.77. The summed E-state index contributed by atoms with van der Waals surface area (Å²) < 4.78 is 18.4. The summed E-state index contributed by atoms with van der Waals surface area (Å²) >= 11 is 1.47. The molecule has 8 nitrogen and oxygen atoms in total. The molecule has 2 aliphatic heterocycles. The van der Waals surface area contributed by atoms with Gasteiger partial charge in [0.25, 0.3) is 0 Å². The monoisotopic (exact) mass is 440 g/mol. The van der Waals surface area contributed by atoms with Gasteiger partial charge >= 0.3 is 0 Å². The van der Waals surface area contributed by atoms with Gasteiger partial charge in [0.05, 0.1) is 18.7 Å². The van der Waals surface area contributed by atoms with Crippen molar-refractivity contribution in [3.05, 3.63) is 76.2 Å². The molecule has 2 heterocycles. The van der Waals surface area contributed by atoms with Crippen molar-refractivity contribution >= 4 is 17.7 Å². The van der Waals surface area contributed by atoms with Gasteiger partial charge in [-0.1, -0.05) is 64.9 Å². The topological polar surface area (TPSA) is 106 Å². The number of hydrogen-bond acceptors (Lipinski definition) is 6. The summed E-state index contributed by atoms with van der Waals surface area (Å²) in [7, 11) is 0. The van der Waals surface area contributed by atoms with E-state index >= 15 is 0 Å². The SMILES string of the molecule is CC(=O)N[C@@H]1[C@H](N=[N+]=[N-])[C@@H]2O[C@H](c3ccccc3)OC[C@H]2O[C@@H]1Sc1ccc(C)cc1. The molecule has 1 amide bonds. The van der Waals surface area contributed by atoms with Crippen LogP contribution in [0.25, 0.3) is 10.4 Å². The Bertz CT molecular complexity index is 952. The zero-order valence-corrected chi connectivity index (χ0v) is 18.1. The lowest BCUT2D eigenvalue weighted by Crippen LogP contribution is -2.64. The zero-order valence-electron chi connectivity index (χ0n) is 17.3. The van der Waals surface area contributed by atoms with Gasteiger partial charge in [0, 0.05) is 22.3 Å². The van der Waals surface area contributed by atoms with Gasteiger partial charge in [-0.05, 0) is 24.6 Å². The molecule has 2 fully saturated rings. The molecule has 31 heavy (non-hydrogen) atoms. The van der Waals surface area contributed by atoms with E-state index in [1.165, 1.54) is 18.7 Å². The van der Waals surface area contributed by atoms with Gasteiger partial charge < -0.3 is 19.5 Å². The number of ether oxygens (including phenoxy) is 3. The molecule has 1 N–H and O–H groups in total. The summed E-state index contributed by atoms with van der Waals surface area (Å²) in [5.74, 6) is -0.230. The number of rotatable bonds is 5. The van der Waals surface area contributed by atoms with Crippen LogP contribution in [0.3, 0.4) is 0 Å². The van der Waals surface area contributed by atoms with Gasteiger partial charge in [0.15, 0.2) is 6.29 Å². The van der Waals surface area contributed by atoms with Crippen molar-refractivity contribution in [2.75, 3.05) is 6.61 Å². The van der Waals surface area contributed by atoms with Crippen molar-refractivity contribution < 1.29 is 19.0 Å². The Morgan fingerprint density at radius 1 is 1.16 bits per heavy atom. The molecule has 0 aromatic heterocycles. The Balaban J connectivity index is 1.61. The van der Waals surface area contributed by atoms with E-state index in [0.717, 1.165) is 16.0 Å². The Hall–Kier alpha value is -2.55. The number of hydrogen-bond donors (Lipinski definition) is 1. The van der Waals surface area contributed by atoms with Crippen LogP contribution in [0.4, 0.5) is 0 Å². The molecular weight excluding hydrogens is 416 g/mol. The molecule has 0 radical (unpaired) electrons. The average molecular weight is 441 g/mol. The first kappa shape index (κ1) is 21.7. The van der Waals surface area contributed by atoms with Gasteiger partial charge in [-0.2, -0.15) is 0 Å². The molecule has 2 aromatic carbocycles. The van der Waals surface area contributed by atoms with Gasteiger partial charge in [-0.15, -0.1) is 0 Å². The summed E-state index contributed by atoms with van der Waals surface area (Å²) in [6.45, 7) is 3.75. The van der Waals surface area contributed by atoms with E-state index in [-0.39, 0.29) is 5.91 Å². The van der Waals surface area contributed by atoms with E-state index in [1.54, 1.807) is 0 Å². The molecule has 4 rings (SSSR count). The fraction of sp³-hybridized carbons (Fsp3) is 0.409. The Morgan fingerprint density at radius 3 is 2.58 bits per heavy atom. The maximum Gasteiger partial charge on any atom is 0.217 e. The van der Waals surface area contributed by atoms with Gasteiger partial charge in [0.1, 0.15) is 17.6 Å². The highest BCUT2D eigenvalue weighted by Crippen LogP contribution is 2.40. The predicted molar refractivity (Wildman–Crippen MR) is 116 cm³/mol. The molecule has 162 valence electrons. The predicted octanol–water partition coefficient (Wildman–Crippen LogP) is 4.11. The molecule has 9 heteroatoms. The van der Waals surface area contributed by atoms with E-state index in [0.29, 0.717) is 6.61 Å². The number of thioether (sulfide) groups is 1. The van der Waals surface area contributed by atoms with Crippen molar-refractivity contribution in [2.45, 2.75) is 54.8 Å². The molecule has 0 bridgehead atoms. The van der Waals surface area contributed by atoms with Crippen LogP contribution in [0.1, 0.15) is 24.3 Å². The fourth-order valence-electron chi connectivity index (χ4n) is 3.81. The number of carbonyl (C=O) groups is 1. The number of carbonyl (C=O) groups excluding carboxylic acids is 1. The quantitative estimate of drug-likeness (QED) is 0.428. The minimum Gasteiger partial charge on any atom is -0.357 e. The normalized spacial score (nSPS) is 30.0. The minimum absolute atomic E-state index is 0.230. The van der Waals surface area contributed by atoms with Gasteiger partial charge in [0.2, 0.25) is 5.91 Å². The number of aryl methyl sites for hydroxylation is 1. The molecule has 2 aromatic rings. The summed E-state index contributed by atoms with van der Waals surface area (Å²) in [6, 6.07) is 16.4. The summed E-state index contributed by atoms with van der Waals surface area (Å²) in [4.78, 5) is 16.0. The van der Waals surface area contributed by atoms with Crippen molar-refractivity contribution in [3.63, 3.8) is 0 Å². The first-order valence-electron chi connectivity index (χ1n) is 10.1. The second kappa shape index (κ2) is 9.72. The molecule has 2 aliphatic rings. The van der Waals surface area contributed by atoms with Gasteiger partial charge in [-0.3, -0.25) is 4.79 Å². The van der Waals surface area contributed by atoms with Crippen LogP contribution in [-0.4, -0.2) is 42.2 Å². The third kappa shape index (κ3) is 5.03. The van der Waals surface area contributed by atoms with Crippen molar-refractivity contribution in [1.82, 2.24) is 5.32 Å². The van der Waals surface area contributed by atoms with Crippen LogP contribution < -0.4 is 5.32 Å². The summed E-state index contributed by atoms with van der Waals surface area (Å²) in [5.41, 5.74) is 10.8. The van der Waals surface area contributed by atoms with E-state index in [2.05, 4.69) is 15.3 Å². The second-order valence-corrected chi connectivity index (χ2v) is 8.74. The van der Waals surface area contributed by atoms with Crippen LogP contribution in [0.5, 0.6) is 0 Å². The minimum atomic E-state index is -0.647. The zero-order chi connectivity index (χ0) is 21.8. The van der Waals surface area contributed by atoms with Crippen LogP contribution >= 0.6 is 11.8 Å². The standard InChI is InChI=1S/C22H24N4O4S/c1-13-8-10-16(11-9-13)31-22-19(24-14(2)27)18(25-26-23)20-17(29-22)12-28-21(30-20)15-6-4-3-5-7-15/h3-11,17-22H,12H2,1-2H3,(H,24,27)/t17-,18+,19-,20-,21-,22-/m1/s1. The Labute approximate surface area is 184 Å². The third-order valence-electron chi connectivity index (χ3n) is 5.27. The smallest absolute Gasteiger partial charge is 0.217 e. The van der Waals surface area contributed by atoms with Crippen molar-refractivity contribution in [3.8, 4) is 0 Å². The van der Waals surface area contributed by atoms with Crippen molar-refractivity contribution in [1.29, 1.82) is 0 Å². The molecule has 6 atom stereocenters. The second-order valence-electron chi connectivity index (χ2n) is 7.57. The summed E-state index contributed by atoms with van der Waals surface area (Å²) in [5, 5.41) is 6.94. The van der Waals surface area contributed by atoms with E-state index in [1.807, 2.05) is 61.5 Å². The Morgan fingerprint density at radius 2 is 1.90 bits per heavy atom. The maximum atomic E-state index is 12.0. The lowest BCUT2D eigenvalue weighted by molar-refractivity contribution is -0.288. The number of nitrogens with zero attached hydrogens (tertiary/aromatic N) is 3. The van der Waals surface area contributed by atoms with E-state index < -0.39 is 36.0 Å². The summed E-state index contributed by atoms with van der Waals surface area (Å²) in [6.07, 6.45) is -1.58. The van der Waals surface area contributed by atoms with E-state index in [4.69, 9.17) is 14.2 Å². The Kier molecular flexibility index (Phi) is 6.80. The lowest BCUT2D eigenvalue weighted by Gasteiger charge is -2.48. The number of benzene rings is 2. The van der Waals surface area contributed by atoms with Crippen molar-refractivity contribution in [2.24, 2.45) is 5.11 Å².